The minimum atomic E-state index is -0.275. The van der Waals surface area contributed by atoms with Crippen molar-refractivity contribution in [1.82, 2.24) is 10.2 Å². The van der Waals surface area contributed by atoms with Crippen LogP contribution in [0.5, 0.6) is 0 Å². The first-order valence-corrected chi connectivity index (χ1v) is 9.97. The maximum atomic E-state index is 13.0. The van der Waals surface area contributed by atoms with E-state index in [1.54, 1.807) is 12.1 Å². The molecule has 144 valence electrons. The number of rotatable bonds is 7. The highest BCUT2D eigenvalue weighted by atomic mass is 32.2. The van der Waals surface area contributed by atoms with E-state index in [0.29, 0.717) is 12.3 Å². The SMILES string of the molecule is O=C(CSc1ccc(F)cc1)NCCN1CCN(c2ccc(F)cc2)CC1. The monoisotopic (exact) mass is 391 g/mol. The van der Waals surface area contributed by atoms with Crippen molar-refractivity contribution >= 4 is 23.4 Å². The molecule has 1 saturated heterocycles. The topological polar surface area (TPSA) is 35.6 Å². The minimum Gasteiger partial charge on any atom is -0.369 e. The summed E-state index contributed by atoms with van der Waals surface area (Å²) >= 11 is 1.40. The zero-order valence-corrected chi connectivity index (χ0v) is 15.9. The van der Waals surface area contributed by atoms with Crippen LogP contribution in [0.4, 0.5) is 14.5 Å². The van der Waals surface area contributed by atoms with Crippen LogP contribution in [0.3, 0.4) is 0 Å². The molecule has 1 N–H and O–H groups in total. The molecule has 2 aromatic rings. The molecule has 1 aliphatic heterocycles. The highest BCUT2D eigenvalue weighted by Crippen LogP contribution is 2.18. The van der Waals surface area contributed by atoms with Crippen LogP contribution < -0.4 is 10.2 Å². The molecule has 2 aromatic carbocycles. The van der Waals surface area contributed by atoms with Crippen LogP contribution in [-0.2, 0) is 4.79 Å². The predicted molar refractivity (Wildman–Crippen MR) is 105 cm³/mol. The summed E-state index contributed by atoms with van der Waals surface area (Å²) in [6, 6.07) is 12.7. The average Bonchev–Trinajstić information content (AvgIpc) is 2.69. The third kappa shape index (κ3) is 6.22. The van der Waals surface area contributed by atoms with Crippen molar-refractivity contribution in [2.75, 3.05) is 49.9 Å². The van der Waals surface area contributed by atoms with Gasteiger partial charge in [-0.3, -0.25) is 9.69 Å². The molecule has 0 aromatic heterocycles. The van der Waals surface area contributed by atoms with Gasteiger partial charge in [-0.2, -0.15) is 0 Å². The fraction of sp³-hybridized carbons (Fsp3) is 0.350. The lowest BCUT2D eigenvalue weighted by Crippen LogP contribution is -2.48. The number of anilines is 1. The molecular weight excluding hydrogens is 368 g/mol. The number of amides is 1. The quantitative estimate of drug-likeness (QED) is 0.736. The lowest BCUT2D eigenvalue weighted by Gasteiger charge is -2.36. The molecule has 0 atom stereocenters. The van der Waals surface area contributed by atoms with Gasteiger partial charge in [-0.05, 0) is 48.5 Å². The number of nitrogens with one attached hydrogen (secondary N) is 1. The third-order valence-electron chi connectivity index (χ3n) is 4.50. The van der Waals surface area contributed by atoms with E-state index in [0.717, 1.165) is 43.3 Å². The number of benzene rings is 2. The lowest BCUT2D eigenvalue weighted by molar-refractivity contribution is -0.118. The summed E-state index contributed by atoms with van der Waals surface area (Å²) in [6.45, 7) is 5.03. The van der Waals surface area contributed by atoms with E-state index in [-0.39, 0.29) is 17.5 Å². The van der Waals surface area contributed by atoms with Gasteiger partial charge in [-0.1, -0.05) is 0 Å². The number of piperazine rings is 1. The van der Waals surface area contributed by atoms with Gasteiger partial charge in [-0.25, -0.2) is 8.78 Å². The lowest BCUT2D eigenvalue weighted by atomic mass is 10.2. The number of hydrogen-bond acceptors (Lipinski definition) is 4. The summed E-state index contributed by atoms with van der Waals surface area (Å²) in [4.78, 5) is 17.4. The maximum Gasteiger partial charge on any atom is 0.230 e. The van der Waals surface area contributed by atoms with E-state index < -0.39 is 0 Å². The molecule has 7 heteroatoms. The Hall–Kier alpha value is -2.12. The molecule has 0 bridgehead atoms. The van der Waals surface area contributed by atoms with Gasteiger partial charge in [0.25, 0.3) is 0 Å². The number of hydrogen-bond donors (Lipinski definition) is 1. The molecule has 1 heterocycles. The first-order chi connectivity index (χ1) is 13.1. The summed E-state index contributed by atoms with van der Waals surface area (Å²) in [6.07, 6.45) is 0. The number of nitrogens with zero attached hydrogens (tertiary/aromatic N) is 2. The van der Waals surface area contributed by atoms with Gasteiger partial charge in [-0.15, -0.1) is 11.8 Å². The first kappa shape index (κ1) is 19.6. The number of carbonyl (C=O) groups is 1. The molecule has 0 aliphatic carbocycles. The molecule has 0 radical (unpaired) electrons. The van der Waals surface area contributed by atoms with Gasteiger partial charge in [0.05, 0.1) is 5.75 Å². The first-order valence-electron chi connectivity index (χ1n) is 8.98. The summed E-state index contributed by atoms with van der Waals surface area (Å²) in [5, 5.41) is 2.93. The van der Waals surface area contributed by atoms with Crippen molar-refractivity contribution in [3.63, 3.8) is 0 Å². The second-order valence-electron chi connectivity index (χ2n) is 6.40. The van der Waals surface area contributed by atoms with Crippen LogP contribution >= 0.6 is 11.8 Å². The van der Waals surface area contributed by atoms with Gasteiger partial charge >= 0.3 is 0 Å². The minimum absolute atomic E-state index is 0.0192. The zero-order chi connectivity index (χ0) is 19.1. The van der Waals surface area contributed by atoms with Crippen LogP contribution in [0.2, 0.25) is 0 Å². The second kappa shape index (κ2) is 9.71. The van der Waals surface area contributed by atoms with Crippen LogP contribution in [0.15, 0.2) is 53.4 Å². The van der Waals surface area contributed by atoms with Gasteiger partial charge in [0, 0.05) is 49.9 Å². The van der Waals surface area contributed by atoms with Gasteiger partial charge in [0.15, 0.2) is 0 Å². The molecule has 27 heavy (non-hydrogen) atoms. The van der Waals surface area contributed by atoms with E-state index in [1.165, 1.54) is 36.0 Å². The van der Waals surface area contributed by atoms with E-state index in [9.17, 15) is 13.6 Å². The molecule has 0 spiro atoms. The van der Waals surface area contributed by atoms with Crippen LogP contribution in [0.25, 0.3) is 0 Å². The highest BCUT2D eigenvalue weighted by molar-refractivity contribution is 8.00. The Kier molecular flexibility index (Phi) is 7.06. The Morgan fingerprint density at radius 2 is 1.52 bits per heavy atom. The fourth-order valence-electron chi connectivity index (χ4n) is 2.97. The normalized spacial score (nSPS) is 15.0. The zero-order valence-electron chi connectivity index (χ0n) is 15.0. The Morgan fingerprint density at radius 3 is 2.15 bits per heavy atom. The molecule has 1 aliphatic rings. The summed E-state index contributed by atoms with van der Waals surface area (Å²) < 4.78 is 25.9. The van der Waals surface area contributed by atoms with Crippen molar-refractivity contribution in [2.24, 2.45) is 0 Å². The predicted octanol–water partition coefficient (Wildman–Crippen LogP) is 3.00. The molecule has 1 fully saturated rings. The summed E-state index contributed by atoms with van der Waals surface area (Å²) in [5.74, 6) is -0.187. The fourth-order valence-corrected chi connectivity index (χ4v) is 3.69. The summed E-state index contributed by atoms with van der Waals surface area (Å²) in [7, 11) is 0. The van der Waals surface area contributed by atoms with E-state index in [2.05, 4.69) is 15.1 Å². The molecule has 4 nitrogen and oxygen atoms in total. The van der Waals surface area contributed by atoms with E-state index >= 15 is 0 Å². The molecule has 0 unspecified atom stereocenters. The Labute approximate surface area is 162 Å². The molecule has 0 saturated carbocycles. The van der Waals surface area contributed by atoms with E-state index in [1.807, 2.05) is 12.1 Å². The largest absolute Gasteiger partial charge is 0.369 e. The third-order valence-corrected chi connectivity index (χ3v) is 5.51. The maximum absolute atomic E-state index is 13.0. The number of thioether (sulfide) groups is 1. The van der Waals surface area contributed by atoms with Crippen molar-refractivity contribution in [3.05, 3.63) is 60.2 Å². The van der Waals surface area contributed by atoms with Crippen LogP contribution in [-0.4, -0.2) is 55.8 Å². The van der Waals surface area contributed by atoms with Crippen LogP contribution in [0, 0.1) is 11.6 Å². The van der Waals surface area contributed by atoms with Gasteiger partial charge in [0.2, 0.25) is 5.91 Å². The van der Waals surface area contributed by atoms with Crippen molar-refractivity contribution in [1.29, 1.82) is 0 Å². The standard InChI is InChI=1S/C20H23F2N3OS/c21-16-1-5-18(6-2-16)25-13-11-24(12-14-25)10-9-23-20(26)15-27-19-7-3-17(22)4-8-19/h1-8H,9-15H2,(H,23,26). The van der Waals surface area contributed by atoms with Crippen molar-refractivity contribution < 1.29 is 13.6 Å². The second-order valence-corrected chi connectivity index (χ2v) is 7.45. The van der Waals surface area contributed by atoms with Crippen molar-refractivity contribution in [2.45, 2.75) is 4.90 Å². The van der Waals surface area contributed by atoms with Crippen LogP contribution in [0.1, 0.15) is 0 Å². The molecular formula is C20H23F2N3OS. The molecule has 1 amide bonds. The Bertz CT molecular complexity index is 732. The van der Waals surface area contributed by atoms with Gasteiger partial charge in [0.1, 0.15) is 11.6 Å². The van der Waals surface area contributed by atoms with Crippen molar-refractivity contribution in [3.8, 4) is 0 Å². The Morgan fingerprint density at radius 1 is 0.926 bits per heavy atom. The van der Waals surface area contributed by atoms with Gasteiger partial charge < -0.3 is 10.2 Å². The van der Waals surface area contributed by atoms with E-state index in [4.69, 9.17) is 0 Å². The Balaban J connectivity index is 1.31. The highest BCUT2D eigenvalue weighted by Gasteiger charge is 2.17. The summed E-state index contributed by atoms with van der Waals surface area (Å²) in [5.41, 5.74) is 1.04. The average molecular weight is 391 g/mol. The molecule has 3 rings (SSSR count). The number of halogens is 2. The smallest absolute Gasteiger partial charge is 0.230 e. The number of carbonyl (C=O) groups excluding carboxylic acids is 1.